The fourth-order valence-electron chi connectivity index (χ4n) is 7.75. The first-order chi connectivity index (χ1) is 28.2. The van der Waals surface area contributed by atoms with Crippen LogP contribution in [0.3, 0.4) is 0 Å². The molecule has 2 fully saturated rings. The van der Waals surface area contributed by atoms with E-state index in [1.807, 2.05) is 108 Å². The minimum atomic E-state index is -0.496. The maximum atomic E-state index is 12.7. The Labute approximate surface area is 335 Å². The summed E-state index contributed by atoms with van der Waals surface area (Å²) in [5.41, 5.74) is 7.41. The lowest BCUT2D eigenvalue weighted by atomic mass is 9.89. The maximum Gasteiger partial charge on any atom is 0.230 e. The largest absolute Gasteiger partial charge is 0.374 e. The first kappa shape index (κ1) is 38.5. The number of β-lactam (4-membered cyclic amide) rings is 1. The molecule has 8 rings (SSSR count). The van der Waals surface area contributed by atoms with Crippen LogP contribution in [0.1, 0.15) is 45.8 Å². The van der Waals surface area contributed by atoms with Gasteiger partial charge < -0.3 is 28.6 Å². The number of carbonyl (C=O) groups is 1. The third-order valence-electron chi connectivity index (χ3n) is 10.8. The number of hydrogen-bond donors (Lipinski definition) is 0. The molecule has 2 aliphatic heterocycles. The summed E-state index contributed by atoms with van der Waals surface area (Å²) in [6.45, 7) is 1.92. The first-order valence-corrected chi connectivity index (χ1v) is 19.9. The summed E-state index contributed by atoms with van der Waals surface area (Å²) in [5.74, 6) is 0.135. The molecule has 2 aliphatic rings. The molecule has 6 atom stereocenters. The van der Waals surface area contributed by atoms with Crippen LogP contribution < -0.4 is 4.90 Å². The van der Waals surface area contributed by atoms with E-state index in [1.165, 1.54) is 0 Å². The zero-order valence-electron chi connectivity index (χ0n) is 32.1. The van der Waals surface area contributed by atoms with Crippen LogP contribution in [0.4, 0.5) is 5.69 Å². The molecule has 6 aromatic rings. The number of rotatable bonds is 17. The normalized spacial score (nSPS) is 21.9. The minimum absolute atomic E-state index is 0.00580. The molecule has 1 amide bonds. The van der Waals surface area contributed by atoms with Gasteiger partial charge in [0.05, 0.1) is 51.6 Å². The fraction of sp³-hybridized carbons (Fsp3) is 0.260. The van der Waals surface area contributed by atoms with Crippen molar-refractivity contribution in [1.29, 1.82) is 0 Å². The lowest BCUT2D eigenvalue weighted by Gasteiger charge is -2.46. The molecule has 0 unspecified atom stereocenters. The van der Waals surface area contributed by atoms with Crippen LogP contribution in [0.15, 0.2) is 176 Å². The molecule has 0 saturated carbocycles. The van der Waals surface area contributed by atoms with Gasteiger partial charge in [-0.05, 0) is 45.5 Å². The summed E-state index contributed by atoms with van der Waals surface area (Å²) >= 11 is 0. The molecule has 57 heavy (non-hydrogen) atoms. The van der Waals surface area contributed by atoms with Crippen molar-refractivity contribution in [2.24, 2.45) is 0 Å². The number of benzene rings is 6. The lowest BCUT2D eigenvalue weighted by molar-refractivity contribution is -0.272. The number of carbonyl (C=O) groups excluding carboxylic acids is 1. The summed E-state index contributed by atoms with van der Waals surface area (Å²) in [5, 5.41) is 0. The zero-order chi connectivity index (χ0) is 38.7. The molecule has 2 heterocycles. The maximum absolute atomic E-state index is 12.7. The smallest absolute Gasteiger partial charge is 0.230 e. The van der Waals surface area contributed by atoms with E-state index < -0.39 is 24.4 Å². The molecular weight excluding hydrogens is 711 g/mol. The lowest BCUT2D eigenvalue weighted by Crippen LogP contribution is -2.61. The zero-order valence-corrected chi connectivity index (χ0v) is 32.1. The molecule has 0 spiro atoms. The second kappa shape index (κ2) is 19.2. The van der Waals surface area contributed by atoms with E-state index in [0.717, 1.165) is 39.1 Å². The van der Waals surface area contributed by atoms with E-state index in [-0.39, 0.29) is 18.1 Å². The number of amides is 1. The molecule has 0 radical (unpaired) electrons. The van der Waals surface area contributed by atoms with Crippen LogP contribution >= 0.6 is 0 Å². The highest BCUT2D eigenvalue weighted by atomic mass is 16.6. The van der Waals surface area contributed by atoms with E-state index in [9.17, 15) is 4.79 Å². The van der Waals surface area contributed by atoms with Gasteiger partial charge in [0, 0.05) is 12.1 Å². The summed E-state index contributed by atoms with van der Waals surface area (Å²) in [6, 6.07) is 59.3. The van der Waals surface area contributed by atoms with E-state index in [1.54, 1.807) is 0 Å². The van der Waals surface area contributed by atoms with Crippen LogP contribution in [0.5, 0.6) is 0 Å². The molecule has 6 aromatic carbocycles. The average Bonchev–Trinajstić information content (AvgIpc) is 3.26. The van der Waals surface area contributed by atoms with Crippen LogP contribution in [-0.2, 0) is 61.3 Å². The van der Waals surface area contributed by atoms with Gasteiger partial charge in [0.25, 0.3) is 0 Å². The Hall–Kier alpha value is -5.41. The molecule has 290 valence electrons. The second-order valence-electron chi connectivity index (χ2n) is 14.8. The van der Waals surface area contributed by atoms with Gasteiger partial charge in [-0.2, -0.15) is 0 Å². The Morgan fingerprint density at radius 2 is 0.912 bits per heavy atom. The van der Waals surface area contributed by atoms with Crippen LogP contribution in [-0.4, -0.2) is 43.0 Å². The van der Waals surface area contributed by atoms with Gasteiger partial charge in [-0.25, -0.2) is 0 Å². The summed E-state index contributed by atoms with van der Waals surface area (Å²) in [7, 11) is 0. The molecule has 7 heteroatoms. The second-order valence-corrected chi connectivity index (χ2v) is 14.8. The number of para-hydroxylation sites is 1. The van der Waals surface area contributed by atoms with Crippen LogP contribution in [0.2, 0.25) is 0 Å². The monoisotopic (exact) mass is 759 g/mol. The molecule has 0 aliphatic carbocycles. The molecule has 7 nitrogen and oxygen atoms in total. The van der Waals surface area contributed by atoms with Crippen molar-refractivity contribution in [3.05, 3.63) is 209 Å². The molecule has 0 aromatic heterocycles. The van der Waals surface area contributed by atoms with Crippen molar-refractivity contribution in [2.45, 2.75) is 75.8 Å². The predicted molar refractivity (Wildman–Crippen MR) is 221 cm³/mol. The van der Waals surface area contributed by atoms with Gasteiger partial charge in [-0.1, -0.05) is 164 Å². The third-order valence-corrected chi connectivity index (χ3v) is 10.8. The Bertz CT molecular complexity index is 2100. The van der Waals surface area contributed by atoms with Gasteiger partial charge in [-0.15, -0.1) is 0 Å². The van der Waals surface area contributed by atoms with Gasteiger partial charge in [0.15, 0.2) is 0 Å². The number of anilines is 1. The predicted octanol–water partition coefficient (Wildman–Crippen LogP) is 9.45. The number of nitrogens with zero attached hydrogens (tertiary/aromatic N) is 1. The van der Waals surface area contributed by atoms with Crippen LogP contribution in [0.25, 0.3) is 0 Å². The first-order valence-electron chi connectivity index (χ1n) is 19.9. The number of ether oxygens (including phenoxy) is 5. The highest BCUT2D eigenvalue weighted by Crippen LogP contribution is 2.39. The van der Waals surface area contributed by atoms with E-state index in [4.69, 9.17) is 23.7 Å². The quantitative estimate of drug-likeness (QED) is 0.0864. The fourth-order valence-corrected chi connectivity index (χ4v) is 7.75. The van der Waals surface area contributed by atoms with Crippen molar-refractivity contribution in [2.75, 3.05) is 11.5 Å². The van der Waals surface area contributed by atoms with E-state index >= 15 is 0 Å². The molecule has 0 bridgehead atoms. The van der Waals surface area contributed by atoms with Crippen molar-refractivity contribution in [3.8, 4) is 0 Å². The Morgan fingerprint density at radius 1 is 0.474 bits per heavy atom. The minimum Gasteiger partial charge on any atom is -0.374 e. The standard InChI is InChI=1S/C50H49NO6/c52-47-31-44(51(47)43-24-14-5-15-25-43)42-28-26-37(27-29-42)30-45-48(54-33-39-18-8-2-9-19-39)50(56-35-41-22-12-4-13-23-41)49(55-34-40-20-10-3-11-21-40)46(57-45)36-53-32-38-16-6-1-7-17-38/h1-29,44-46,48-50H,30-36H2/t44-,45-,46+,48-,49+,50+/m0/s1. The Balaban J connectivity index is 1.09. The van der Waals surface area contributed by atoms with Crippen molar-refractivity contribution in [1.82, 2.24) is 0 Å². The third kappa shape index (κ3) is 9.95. The SMILES string of the molecule is O=C1C[C@@H](c2ccc(C[C@@H]3O[C@H](COCc4ccccc4)[C@@H](OCc4ccccc4)[C@H](OCc4ccccc4)[C@H]3OCc3ccccc3)cc2)N1c1ccccc1. The summed E-state index contributed by atoms with van der Waals surface area (Å²) in [4.78, 5) is 14.6. The Kier molecular flexibility index (Phi) is 12.9. The van der Waals surface area contributed by atoms with Crippen molar-refractivity contribution >= 4 is 11.6 Å². The topological polar surface area (TPSA) is 66.5 Å². The molecule has 0 N–H and O–H groups in total. The molecular formula is C50H49NO6. The Morgan fingerprint density at radius 3 is 1.40 bits per heavy atom. The number of hydrogen-bond acceptors (Lipinski definition) is 6. The van der Waals surface area contributed by atoms with Gasteiger partial charge in [0.2, 0.25) is 5.91 Å². The molecule has 2 saturated heterocycles. The van der Waals surface area contributed by atoms with Gasteiger partial charge in [-0.3, -0.25) is 4.79 Å². The highest BCUT2D eigenvalue weighted by molar-refractivity contribution is 6.01. The van der Waals surface area contributed by atoms with Gasteiger partial charge in [0.1, 0.15) is 24.4 Å². The van der Waals surface area contributed by atoms with Crippen LogP contribution in [0, 0.1) is 0 Å². The summed E-state index contributed by atoms with van der Waals surface area (Å²) in [6.07, 6.45) is -1.21. The summed E-state index contributed by atoms with van der Waals surface area (Å²) < 4.78 is 34.2. The van der Waals surface area contributed by atoms with E-state index in [2.05, 4.69) is 72.8 Å². The average molecular weight is 760 g/mol. The van der Waals surface area contributed by atoms with Crippen molar-refractivity contribution < 1.29 is 28.5 Å². The van der Waals surface area contributed by atoms with E-state index in [0.29, 0.717) is 45.9 Å². The van der Waals surface area contributed by atoms with Gasteiger partial charge >= 0.3 is 0 Å². The van der Waals surface area contributed by atoms with Crippen molar-refractivity contribution in [3.63, 3.8) is 0 Å². The highest BCUT2D eigenvalue weighted by Gasteiger charge is 2.48.